The van der Waals surface area contributed by atoms with E-state index in [-0.39, 0.29) is 30.2 Å². The smallest absolute Gasteiger partial charge is 0.312 e. The Balaban J connectivity index is 1.51. The highest BCUT2D eigenvalue weighted by atomic mass is 19.1. The van der Waals surface area contributed by atoms with Gasteiger partial charge in [0.05, 0.1) is 26.1 Å². The van der Waals surface area contributed by atoms with Crippen molar-refractivity contribution in [2.24, 2.45) is 0 Å². The highest BCUT2D eigenvalue weighted by Crippen LogP contribution is 2.42. The molecule has 10 heteroatoms. The molecular weight excluding hydrogens is 489 g/mol. The molecule has 1 fully saturated rings. The summed E-state index contributed by atoms with van der Waals surface area (Å²) in [6.45, 7) is 4.55. The van der Waals surface area contributed by atoms with Crippen LogP contribution in [0.5, 0.6) is 0 Å². The number of rotatable bonds is 9. The van der Waals surface area contributed by atoms with Crippen LogP contribution in [-0.4, -0.2) is 49.0 Å². The first kappa shape index (κ1) is 25.9. The van der Waals surface area contributed by atoms with Gasteiger partial charge in [0, 0.05) is 0 Å². The van der Waals surface area contributed by atoms with Gasteiger partial charge in [-0.3, -0.25) is 4.57 Å². The molecule has 0 saturated carbocycles. The first-order chi connectivity index (χ1) is 18.4. The second-order valence-electron chi connectivity index (χ2n) is 9.57. The number of halogens is 1. The molecule has 0 radical (unpaired) electrons. The second kappa shape index (κ2) is 11.0. The fraction of sp³-hybridized carbons (Fsp3) is 0.321. The van der Waals surface area contributed by atoms with Crippen LogP contribution >= 0.6 is 0 Å². The molecule has 0 amide bonds. The van der Waals surface area contributed by atoms with Crippen molar-refractivity contribution in [3.05, 3.63) is 95.8 Å². The number of aromatic nitrogens is 4. The molecule has 1 aliphatic rings. The number of ether oxygens (including phenoxy) is 3. The standard InChI is InChI=1S/C28H30FN5O4/c1-18(2)13-28(16-36-14-19-9-5-3-6-10-19)23(37-15-20-11-7-4-8-12-20)22(35)26(38-28)34-17-31-21-24(30)32-27(29)33-25(21)34/h3-13,17,22-23,26,35H,14-16H2,1-2H3,(H2,30,32,33)/t22-,23+,26-,28-/m1/s1. The molecule has 1 aliphatic heterocycles. The van der Waals surface area contributed by atoms with Crippen LogP contribution in [0.25, 0.3) is 11.2 Å². The lowest BCUT2D eigenvalue weighted by atomic mass is 9.93. The Hall–Kier alpha value is -3.70. The van der Waals surface area contributed by atoms with Crippen molar-refractivity contribution in [1.29, 1.82) is 0 Å². The fourth-order valence-corrected chi connectivity index (χ4v) is 4.78. The molecule has 3 heterocycles. The van der Waals surface area contributed by atoms with Crippen LogP contribution in [0.1, 0.15) is 31.2 Å². The first-order valence-corrected chi connectivity index (χ1v) is 12.3. The van der Waals surface area contributed by atoms with Gasteiger partial charge in [0.2, 0.25) is 0 Å². The average Bonchev–Trinajstić information content (AvgIpc) is 3.42. The summed E-state index contributed by atoms with van der Waals surface area (Å²) in [6.07, 6.45) is -0.708. The van der Waals surface area contributed by atoms with Gasteiger partial charge in [-0.25, -0.2) is 4.98 Å². The third-order valence-electron chi connectivity index (χ3n) is 6.36. The van der Waals surface area contributed by atoms with Crippen LogP contribution in [0.2, 0.25) is 0 Å². The molecule has 0 spiro atoms. The molecular formula is C28H30FN5O4. The summed E-state index contributed by atoms with van der Waals surface area (Å²) in [4.78, 5) is 11.6. The van der Waals surface area contributed by atoms with Gasteiger partial charge in [-0.1, -0.05) is 66.2 Å². The van der Waals surface area contributed by atoms with Gasteiger partial charge in [-0.2, -0.15) is 14.4 Å². The Kier molecular flexibility index (Phi) is 7.48. The number of nitrogen functional groups attached to an aromatic ring is 1. The monoisotopic (exact) mass is 519 g/mol. The van der Waals surface area contributed by atoms with Gasteiger partial charge in [0.25, 0.3) is 0 Å². The number of allylic oxidation sites excluding steroid dienone is 1. The Morgan fingerprint density at radius 1 is 1.08 bits per heavy atom. The zero-order chi connectivity index (χ0) is 26.7. The molecule has 198 valence electrons. The highest BCUT2D eigenvalue weighted by Gasteiger charge is 2.55. The van der Waals surface area contributed by atoms with Gasteiger partial charge in [0.15, 0.2) is 23.2 Å². The van der Waals surface area contributed by atoms with Crippen LogP contribution in [0.3, 0.4) is 0 Å². The number of aliphatic hydroxyl groups is 1. The maximum absolute atomic E-state index is 14.1. The van der Waals surface area contributed by atoms with Crippen molar-refractivity contribution in [2.75, 3.05) is 12.3 Å². The number of benzene rings is 2. The lowest BCUT2D eigenvalue weighted by Gasteiger charge is -2.32. The van der Waals surface area contributed by atoms with E-state index in [1.165, 1.54) is 10.9 Å². The Bertz CT molecular complexity index is 1410. The molecule has 0 unspecified atom stereocenters. The number of hydrogen-bond donors (Lipinski definition) is 2. The van der Waals surface area contributed by atoms with E-state index in [2.05, 4.69) is 15.0 Å². The summed E-state index contributed by atoms with van der Waals surface area (Å²) in [5.41, 5.74) is 7.90. The quantitative estimate of drug-likeness (QED) is 0.252. The SMILES string of the molecule is CC(C)=C[C@]1(COCc2ccccc2)O[C@@H](n2cnc3c(N)nc(F)nc32)[C@H](O)[C@@H]1OCc1ccccc1. The maximum atomic E-state index is 14.1. The molecule has 3 N–H and O–H groups in total. The molecule has 5 rings (SSSR count). The highest BCUT2D eigenvalue weighted by molar-refractivity contribution is 5.81. The summed E-state index contributed by atoms with van der Waals surface area (Å²) < 4.78 is 34.6. The summed E-state index contributed by atoms with van der Waals surface area (Å²) in [6, 6.07) is 19.4. The predicted molar refractivity (Wildman–Crippen MR) is 139 cm³/mol. The minimum absolute atomic E-state index is 0.0954. The van der Waals surface area contributed by atoms with E-state index in [0.29, 0.717) is 6.61 Å². The molecule has 1 saturated heterocycles. The van der Waals surface area contributed by atoms with Gasteiger partial charge >= 0.3 is 6.08 Å². The van der Waals surface area contributed by atoms with E-state index in [0.717, 1.165) is 16.7 Å². The number of nitrogens with two attached hydrogens (primary N) is 1. The van der Waals surface area contributed by atoms with Crippen LogP contribution in [0, 0.1) is 6.08 Å². The predicted octanol–water partition coefficient (Wildman–Crippen LogP) is 3.94. The molecule has 38 heavy (non-hydrogen) atoms. The number of anilines is 1. The lowest BCUT2D eigenvalue weighted by Crippen LogP contribution is -2.47. The van der Waals surface area contributed by atoms with E-state index < -0.39 is 30.1 Å². The molecule has 2 aromatic heterocycles. The molecule has 9 nitrogen and oxygen atoms in total. The van der Waals surface area contributed by atoms with E-state index in [4.69, 9.17) is 19.9 Å². The minimum Gasteiger partial charge on any atom is -0.386 e. The number of hydrogen-bond acceptors (Lipinski definition) is 8. The van der Waals surface area contributed by atoms with Crippen molar-refractivity contribution in [3.8, 4) is 0 Å². The molecule has 2 aromatic carbocycles. The average molecular weight is 520 g/mol. The van der Waals surface area contributed by atoms with Crippen molar-refractivity contribution >= 4 is 17.0 Å². The number of aliphatic hydroxyl groups excluding tert-OH is 1. The van der Waals surface area contributed by atoms with Crippen molar-refractivity contribution in [1.82, 2.24) is 19.5 Å². The maximum Gasteiger partial charge on any atom is 0.312 e. The lowest BCUT2D eigenvalue weighted by molar-refractivity contribution is -0.129. The largest absolute Gasteiger partial charge is 0.386 e. The first-order valence-electron chi connectivity index (χ1n) is 12.3. The van der Waals surface area contributed by atoms with Crippen molar-refractivity contribution in [2.45, 2.75) is 51.1 Å². The van der Waals surface area contributed by atoms with Crippen LogP contribution < -0.4 is 5.73 Å². The third-order valence-corrected chi connectivity index (χ3v) is 6.36. The molecule has 4 atom stereocenters. The fourth-order valence-electron chi connectivity index (χ4n) is 4.78. The Morgan fingerprint density at radius 2 is 1.74 bits per heavy atom. The Labute approximate surface area is 219 Å². The molecule has 0 aliphatic carbocycles. The topological polar surface area (TPSA) is 118 Å². The summed E-state index contributed by atoms with van der Waals surface area (Å²) in [5, 5.41) is 11.6. The van der Waals surface area contributed by atoms with Crippen molar-refractivity contribution in [3.63, 3.8) is 0 Å². The third kappa shape index (κ3) is 5.30. The number of nitrogens with zero attached hydrogens (tertiary/aromatic N) is 4. The zero-order valence-electron chi connectivity index (χ0n) is 21.2. The summed E-state index contributed by atoms with van der Waals surface area (Å²) in [5.74, 6) is -0.0997. The van der Waals surface area contributed by atoms with Gasteiger partial charge in [-0.05, 0) is 31.1 Å². The Morgan fingerprint density at radius 3 is 2.39 bits per heavy atom. The summed E-state index contributed by atoms with van der Waals surface area (Å²) >= 11 is 0. The van der Waals surface area contributed by atoms with E-state index >= 15 is 0 Å². The number of imidazole rings is 1. The molecule has 0 bridgehead atoms. The minimum atomic E-state index is -1.17. The van der Waals surface area contributed by atoms with E-state index in [1.54, 1.807) is 0 Å². The zero-order valence-corrected chi connectivity index (χ0v) is 21.2. The van der Waals surface area contributed by atoms with Gasteiger partial charge in [-0.15, -0.1) is 0 Å². The van der Waals surface area contributed by atoms with Crippen molar-refractivity contribution < 1.29 is 23.7 Å². The van der Waals surface area contributed by atoms with E-state index in [9.17, 15) is 9.50 Å². The van der Waals surface area contributed by atoms with Crippen LogP contribution in [0.15, 0.2) is 78.6 Å². The second-order valence-corrected chi connectivity index (χ2v) is 9.57. The van der Waals surface area contributed by atoms with Gasteiger partial charge < -0.3 is 25.1 Å². The van der Waals surface area contributed by atoms with E-state index in [1.807, 2.05) is 80.6 Å². The van der Waals surface area contributed by atoms with Crippen LogP contribution in [-0.2, 0) is 27.4 Å². The summed E-state index contributed by atoms with van der Waals surface area (Å²) in [7, 11) is 0. The normalized spacial score (nSPS) is 23.1. The molecule has 4 aromatic rings. The number of fused-ring (bicyclic) bond motifs is 1. The van der Waals surface area contributed by atoms with Gasteiger partial charge in [0.1, 0.15) is 17.8 Å². The van der Waals surface area contributed by atoms with Crippen LogP contribution in [0.4, 0.5) is 10.2 Å².